The van der Waals surface area contributed by atoms with E-state index in [4.69, 9.17) is 4.74 Å². The number of amides is 1. The zero-order valence-electron chi connectivity index (χ0n) is 14.2. The Balaban J connectivity index is 2.45. The molecule has 0 bridgehead atoms. The molecule has 0 aromatic heterocycles. The number of nitrogens with zero attached hydrogens (tertiary/aromatic N) is 1. The molecule has 0 unspecified atom stereocenters. The first kappa shape index (κ1) is 16.5. The summed E-state index contributed by atoms with van der Waals surface area (Å²) < 4.78 is 5.45. The number of rotatable bonds is 4. The fourth-order valence-corrected chi connectivity index (χ4v) is 2.89. The van der Waals surface area contributed by atoms with Gasteiger partial charge in [-0.25, -0.2) is 0 Å². The summed E-state index contributed by atoms with van der Waals surface area (Å²) >= 11 is 0. The first-order valence-electron chi connectivity index (χ1n) is 7.76. The largest absolute Gasteiger partial charge is 0.496 e. The third kappa shape index (κ3) is 3.16. The summed E-state index contributed by atoms with van der Waals surface area (Å²) in [6.45, 7) is 8.08. The van der Waals surface area contributed by atoms with Gasteiger partial charge in [-0.15, -0.1) is 0 Å². The Labute approximate surface area is 132 Å². The molecular formula is C18H25NO3. The summed E-state index contributed by atoms with van der Waals surface area (Å²) in [5, 5.41) is 0. The van der Waals surface area contributed by atoms with Crippen LogP contribution in [0.15, 0.2) is 12.1 Å². The highest BCUT2D eigenvalue weighted by atomic mass is 16.5. The first-order valence-corrected chi connectivity index (χ1v) is 7.76. The average Bonchev–Trinajstić information content (AvgIpc) is 2.87. The van der Waals surface area contributed by atoms with E-state index < -0.39 is 5.41 Å². The predicted molar refractivity (Wildman–Crippen MR) is 87.5 cm³/mol. The van der Waals surface area contributed by atoms with Gasteiger partial charge in [-0.3, -0.25) is 4.79 Å². The van der Waals surface area contributed by atoms with Crippen molar-refractivity contribution < 1.29 is 14.3 Å². The maximum atomic E-state index is 12.7. The lowest BCUT2D eigenvalue weighted by molar-refractivity contribution is -0.125. The quantitative estimate of drug-likeness (QED) is 0.858. The van der Waals surface area contributed by atoms with Crippen molar-refractivity contribution >= 4 is 17.4 Å². The van der Waals surface area contributed by atoms with Crippen LogP contribution in [0.2, 0.25) is 0 Å². The van der Waals surface area contributed by atoms with E-state index in [1.54, 1.807) is 14.0 Å². The number of hydrogen-bond donors (Lipinski definition) is 0. The standard InChI is InChI=1S/C18H25NO3/c1-12(20)6-7-13-8-9-15(22-5)14-10-11-19(16(13)14)17(21)18(2,3)4/h8-9H,6-7,10-11H2,1-5H3. The van der Waals surface area contributed by atoms with Gasteiger partial charge in [0.25, 0.3) is 0 Å². The maximum absolute atomic E-state index is 12.7. The summed E-state index contributed by atoms with van der Waals surface area (Å²) in [7, 11) is 1.65. The van der Waals surface area contributed by atoms with Crippen molar-refractivity contribution in [1.29, 1.82) is 0 Å². The Morgan fingerprint density at radius 3 is 2.50 bits per heavy atom. The second kappa shape index (κ2) is 6.11. The van der Waals surface area contributed by atoms with Crippen LogP contribution in [0.1, 0.15) is 45.2 Å². The van der Waals surface area contributed by atoms with Crippen LogP contribution in [0.5, 0.6) is 5.75 Å². The molecule has 0 fully saturated rings. The van der Waals surface area contributed by atoms with Gasteiger partial charge in [-0.05, 0) is 31.4 Å². The number of anilines is 1. The number of hydrogen-bond acceptors (Lipinski definition) is 3. The second-order valence-corrected chi connectivity index (χ2v) is 6.91. The number of carbonyl (C=O) groups is 2. The van der Waals surface area contributed by atoms with Gasteiger partial charge in [0.1, 0.15) is 11.5 Å². The summed E-state index contributed by atoms with van der Waals surface area (Å²) in [6.07, 6.45) is 1.96. The van der Waals surface area contributed by atoms with E-state index in [-0.39, 0.29) is 11.7 Å². The molecule has 0 spiro atoms. The molecule has 4 heteroatoms. The van der Waals surface area contributed by atoms with Crippen LogP contribution in [0.4, 0.5) is 5.69 Å². The van der Waals surface area contributed by atoms with Crippen molar-refractivity contribution in [3.05, 3.63) is 23.3 Å². The first-order chi connectivity index (χ1) is 10.3. The Morgan fingerprint density at radius 1 is 1.27 bits per heavy atom. The summed E-state index contributed by atoms with van der Waals surface area (Å²) in [6, 6.07) is 3.92. The highest BCUT2D eigenvalue weighted by Crippen LogP contribution is 2.40. The minimum atomic E-state index is -0.428. The monoisotopic (exact) mass is 303 g/mol. The van der Waals surface area contributed by atoms with E-state index in [1.165, 1.54) is 0 Å². The number of methoxy groups -OCH3 is 1. The van der Waals surface area contributed by atoms with Crippen molar-refractivity contribution in [2.75, 3.05) is 18.6 Å². The van der Waals surface area contributed by atoms with E-state index in [0.29, 0.717) is 19.4 Å². The fourth-order valence-electron chi connectivity index (χ4n) is 2.89. The Morgan fingerprint density at radius 2 is 1.95 bits per heavy atom. The maximum Gasteiger partial charge on any atom is 0.232 e. The fraction of sp³-hybridized carbons (Fsp3) is 0.556. The molecule has 0 aliphatic carbocycles. The van der Waals surface area contributed by atoms with E-state index in [2.05, 4.69) is 0 Å². The molecule has 0 saturated carbocycles. The number of ketones is 1. The molecule has 1 heterocycles. The molecule has 1 aliphatic heterocycles. The van der Waals surface area contributed by atoms with Gasteiger partial charge >= 0.3 is 0 Å². The molecule has 0 radical (unpaired) electrons. The highest BCUT2D eigenvalue weighted by molar-refractivity contribution is 6.00. The lowest BCUT2D eigenvalue weighted by Gasteiger charge is -2.28. The number of ether oxygens (including phenoxy) is 1. The Bertz CT molecular complexity index is 599. The van der Waals surface area contributed by atoms with Crippen molar-refractivity contribution in [3.63, 3.8) is 0 Å². The molecule has 1 aliphatic rings. The van der Waals surface area contributed by atoms with E-state index >= 15 is 0 Å². The predicted octanol–water partition coefficient (Wildman–Crippen LogP) is 3.15. The van der Waals surface area contributed by atoms with E-state index in [0.717, 1.165) is 29.0 Å². The number of fused-ring (bicyclic) bond motifs is 1. The van der Waals surface area contributed by atoms with Crippen molar-refractivity contribution in [1.82, 2.24) is 0 Å². The lowest BCUT2D eigenvalue weighted by Crippen LogP contribution is -2.38. The van der Waals surface area contributed by atoms with Crippen LogP contribution in [0.3, 0.4) is 0 Å². The van der Waals surface area contributed by atoms with Crippen molar-refractivity contribution in [3.8, 4) is 5.75 Å². The molecule has 22 heavy (non-hydrogen) atoms. The van der Waals surface area contributed by atoms with Crippen LogP contribution < -0.4 is 9.64 Å². The normalized spacial score (nSPS) is 14.0. The van der Waals surface area contributed by atoms with Crippen LogP contribution >= 0.6 is 0 Å². The van der Waals surface area contributed by atoms with Gasteiger partial charge < -0.3 is 14.4 Å². The summed E-state index contributed by atoms with van der Waals surface area (Å²) in [5.74, 6) is 1.10. The Kier molecular flexibility index (Phi) is 4.59. The van der Waals surface area contributed by atoms with Crippen LogP contribution in [-0.4, -0.2) is 25.3 Å². The molecule has 0 N–H and O–H groups in total. The molecule has 1 amide bonds. The number of benzene rings is 1. The highest BCUT2D eigenvalue weighted by Gasteiger charge is 2.35. The van der Waals surface area contributed by atoms with E-state index in [1.807, 2.05) is 37.8 Å². The molecule has 120 valence electrons. The third-order valence-corrected chi connectivity index (χ3v) is 4.03. The second-order valence-electron chi connectivity index (χ2n) is 6.91. The topological polar surface area (TPSA) is 46.6 Å². The summed E-state index contributed by atoms with van der Waals surface area (Å²) in [4.78, 5) is 25.9. The smallest absolute Gasteiger partial charge is 0.232 e. The average molecular weight is 303 g/mol. The molecule has 0 saturated heterocycles. The number of Topliss-reactive ketones (excluding diaryl/α,β-unsaturated/α-hetero) is 1. The Hall–Kier alpha value is -1.84. The van der Waals surface area contributed by atoms with Gasteiger partial charge in [0, 0.05) is 23.9 Å². The van der Waals surface area contributed by atoms with Crippen molar-refractivity contribution in [2.24, 2.45) is 5.41 Å². The van der Waals surface area contributed by atoms with E-state index in [9.17, 15) is 9.59 Å². The van der Waals surface area contributed by atoms with Gasteiger partial charge in [0.2, 0.25) is 5.91 Å². The van der Waals surface area contributed by atoms with Crippen LogP contribution in [-0.2, 0) is 22.4 Å². The lowest BCUT2D eigenvalue weighted by atomic mass is 9.94. The van der Waals surface area contributed by atoms with Gasteiger partial charge in [0.05, 0.1) is 12.8 Å². The minimum absolute atomic E-state index is 0.114. The minimum Gasteiger partial charge on any atom is -0.496 e. The molecule has 0 atom stereocenters. The molecule has 4 nitrogen and oxygen atoms in total. The SMILES string of the molecule is COc1ccc(CCC(C)=O)c2c1CCN2C(=O)C(C)(C)C. The van der Waals surface area contributed by atoms with Gasteiger partial charge in [-0.2, -0.15) is 0 Å². The molecule has 1 aromatic rings. The summed E-state index contributed by atoms with van der Waals surface area (Å²) in [5.41, 5.74) is 2.67. The molecule has 1 aromatic carbocycles. The van der Waals surface area contributed by atoms with Gasteiger partial charge in [-0.1, -0.05) is 26.8 Å². The zero-order valence-corrected chi connectivity index (χ0v) is 14.2. The third-order valence-electron chi connectivity index (χ3n) is 4.03. The van der Waals surface area contributed by atoms with Gasteiger partial charge in [0.15, 0.2) is 0 Å². The molecule has 2 rings (SSSR count). The molecular weight excluding hydrogens is 278 g/mol. The van der Waals surface area contributed by atoms with Crippen LogP contribution in [0.25, 0.3) is 0 Å². The number of aryl methyl sites for hydroxylation is 1. The van der Waals surface area contributed by atoms with Crippen LogP contribution in [0, 0.1) is 5.41 Å². The van der Waals surface area contributed by atoms with Crippen molar-refractivity contribution in [2.45, 2.75) is 47.0 Å². The number of carbonyl (C=O) groups excluding carboxylic acids is 2. The zero-order chi connectivity index (χ0) is 16.5.